The third-order valence-electron chi connectivity index (χ3n) is 2.10. The Labute approximate surface area is 101 Å². The molecule has 2 rings (SSSR count). The molecule has 0 saturated carbocycles. The van der Waals surface area contributed by atoms with E-state index in [2.05, 4.69) is 22.4 Å². The second kappa shape index (κ2) is 4.53. The maximum atomic E-state index is 11.5. The van der Waals surface area contributed by atoms with Gasteiger partial charge in [0.15, 0.2) is 0 Å². The summed E-state index contributed by atoms with van der Waals surface area (Å²) in [4.78, 5) is 15.9. The van der Waals surface area contributed by atoms with Crippen molar-refractivity contribution in [3.8, 4) is 0 Å². The molecule has 3 nitrogen and oxygen atoms in total. The van der Waals surface area contributed by atoms with Crippen LogP contribution in [0.2, 0.25) is 0 Å². The van der Waals surface area contributed by atoms with Crippen LogP contribution in [0.15, 0.2) is 29.3 Å². The molecule has 5 heteroatoms. The van der Waals surface area contributed by atoms with Crippen molar-refractivity contribution in [2.45, 2.75) is 0 Å². The van der Waals surface area contributed by atoms with Gasteiger partial charge in [-0.1, -0.05) is 18.2 Å². The highest BCUT2D eigenvalue weighted by molar-refractivity contribution is 7.78. The lowest BCUT2D eigenvalue weighted by Gasteiger charge is -1.95. The third-order valence-corrected chi connectivity index (χ3v) is 3.33. The smallest absolute Gasteiger partial charge is 0.350 e. The number of esters is 1. The maximum Gasteiger partial charge on any atom is 0.350 e. The number of carbonyl (C=O) groups is 1. The van der Waals surface area contributed by atoms with Gasteiger partial charge < -0.3 is 4.74 Å². The quantitative estimate of drug-likeness (QED) is 0.465. The largest absolute Gasteiger partial charge is 0.465 e. The summed E-state index contributed by atoms with van der Waals surface area (Å²) < 4.78 is 5.68. The predicted octanol–water partition coefficient (Wildman–Crippen LogP) is 3.42. The average Bonchev–Trinajstić information content (AvgIpc) is 2.68. The normalized spacial score (nSPS) is 9.81. The van der Waals surface area contributed by atoms with Crippen molar-refractivity contribution in [3.05, 3.63) is 29.1 Å². The number of nitrogens with zero attached hydrogens (tertiary/aromatic N) is 1. The van der Waals surface area contributed by atoms with Crippen molar-refractivity contribution >= 4 is 50.5 Å². The average molecular weight is 249 g/mol. The van der Waals surface area contributed by atoms with E-state index in [1.807, 2.05) is 24.3 Å². The van der Waals surface area contributed by atoms with Gasteiger partial charge in [-0.3, -0.25) is 0 Å². The fourth-order valence-corrected chi connectivity index (χ4v) is 2.57. The third kappa shape index (κ3) is 1.76. The summed E-state index contributed by atoms with van der Waals surface area (Å²) in [5, 5.41) is 3.18. The number of aliphatic imine (C=N–C) groups is 1. The summed E-state index contributed by atoms with van der Waals surface area (Å²) in [5.74, 6) is -0.398. The van der Waals surface area contributed by atoms with E-state index in [4.69, 9.17) is 4.74 Å². The van der Waals surface area contributed by atoms with E-state index in [1.165, 1.54) is 18.4 Å². The maximum absolute atomic E-state index is 11.5. The first-order chi connectivity index (χ1) is 7.77. The van der Waals surface area contributed by atoms with E-state index < -0.39 is 5.97 Å². The molecule has 1 aromatic carbocycles. The SMILES string of the molecule is COC(=O)c1sc2ccccc2c1N=C=S. The number of thiocarbonyl (C=S) groups is 1. The van der Waals surface area contributed by atoms with Crippen molar-refractivity contribution in [2.75, 3.05) is 7.11 Å². The van der Waals surface area contributed by atoms with Gasteiger partial charge >= 0.3 is 5.97 Å². The molecule has 0 unspecified atom stereocenters. The van der Waals surface area contributed by atoms with Crippen LogP contribution in [0.1, 0.15) is 9.67 Å². The summed E-state index contributed by atoms with van der Waals surface area (Å²) in [7, 11) is 1.34. The van der Waals surface area contributed by atoms with Crippen molar-refractivity contribution < 1.29 is 9.53 Å². The van der Waals surface area contributed by atoms with Crippen LogP contribution in [0.25, 0.3) is 10.1 Å². The van der Waals surface area contributed by atoms with Gasteiger partial charge in [-0.15, -0.1) is 11.3 Å². The molecule has 1 aromatic heterocycles. The van der Waals surface area contributed by atoms with E-state index in [0.29, 0.717) is 10.6 Å². The molecule has 0 atom stereocenters. The highest BCUT2D eigenvalue weighted by atomic mass is 32.1. The standard InChI is InChI=1S/C11H7NO2S2/c1-14-11(13)10-9(12-6-15)7-4-2-3-5-8(7)16-10/h2-5H,1H3. The molecule has 0 N–H and O–H groups in total. The molecule has 0 saturated heterocycles. The van der Waals surface area contributed by atoms with Gasteiger partial charge in [0.1, 0.15) is 10.6 Å². The first-order valence-electron chi connectivity index (χ1n) is 4.45. The zero-order valence-corrected chi connectivity index (χ0v) is 10.0. The molecule has 0 radical (unpaired) electrons. The number of carbonyl (C=O) groups excluding carboxylic acids is 1. The number of benzene rings is 1. The summed E-state index contributed by atoms with van der Waals surface area (Å²) in [6.07, 6.45) is 0. The number of ether oxygens (including phenoxy) is 1. The van der Waals surface area contributed by atoms with Crippen molar-refractivity contribution in [1.82, 2.24) is 0 Å². The van der Waals surface area contributed by atoms with E-state index >= 15 is 0 Å². The van der Waals surface area contributed by atoms with Gasteiger partial charge in [-0.2, -0.15) is 4.99 Å². The highest BCUT2D eigenvalue weighted by Crippen LogP contribution is 2.37. The number of hydrogen-bond donors (Lipinski definition) is 0. The first kappa shape index (κ1) is 11.0. The van der Waals surface area contributed by atoms with Gasteiger partial charge in [0.05, 0.1) is 12.3 Å². The molecule has 80 valence electrons. The van der Waals surface area contributed by atoms with Crippen molar-refractivity contribution in [3.63, 3.8) is 0 Å². The predicted molar refractivity (Wildman–Crippen MR) is 67.9 cm³/mol. The molecule has 0 bridgehead atoms. The van der Waals surface area contributed by atoms with E-state index in [9.17, 15) is 4.79 Å². The fourth-order valence-electron chi connectivity index (χ4n) is 1.42. The van der Waals surface area contributed by atoms with Gasteiger partial charge in [0.2, 0.25) is 0 Å². The second-order valence-corrected chi connectivity index (χ2v) is 4.21. The zero-order valence-electron chi connectivity index (χ0n) is 8.39. The van der Waals surface area contributed by atoms with E-state index in [1.54, 1.807) is 0 Å². The van der Waals surface area contributed by atoms with Crippen LogP contribution in [0.4, 0.5) is 5.69 Å². The van der Waals surface area contributed by atoms with Crippen LogP contribution in [0, 0.1) is 0 Å². The number of hydrogen-bond acceptors (Lipinski definition) is 5. The summed E-state index contributed by atoms with van der Waals surface area (Å²) in [6.45, 7) is 0. The Balaban J connectivity index is 2.77. The lowest BCUT2D eigenvalue weighted by molar-refractivity contribution is 0.0607. The van der Waals surface area contributed by atoms with Crippen LogP contribution in [0.5, 0.6) is 0 Å². The molecule has 0 fully saturated rings. The second-order valence-electron chi connectivity index (χ2n) is 2.97. The molecular weight excluding hydrogens is 242 g/mol. The van der Waals surface area contributed by atoms with E-state index in [-0.39, 0.29) is 0 Å². The summed E-state index contributed by atoms with van der Waals surface area (Å²) >= 11 is 5.92. The summed E-state index contributed by atoms with van der Waals surface area (Å²) in [5.41, 5.74) is 0.544. The van der Waals surface area contributed by atoms with Gasteiger partial charge in [-0.25, -0.2) is 4.79 Å². The molecule has 0 aliphatic carbocycles. The van der Waals surface area contributed by atoms with Crippen LogP contribution >= 0.6 is 23.6 Å². The Hall–Kier alpha value is -1.55. The van der Waals surface area contributed by atoms with E-state index in [0.717, 1.165) is 10.1 Å². The Morgan fingerprint density at radius 3 is 2.94 bits per heavy atom. The molecule has 2 aromatic rings. The topological polar surface area (TPSA) is 38.7 Å². The number of isothiocyanates is 1. The Kier molecular flexibility index (Phi) is 3.10. The van der Waals surface area contributed by atoms with Crippen LogP contribution in [-0.4, -0.2) is 18.2 Å². The van der Waals surface area contributed by atoms with Crippen LogP contribution in [-0.2, 0) is 4.74 Å². The minimum atomic E-state index is -0.398. The lowest BCUT2D eigenvalue weighted by Crippen LogP contribution is -1.97. The fraction of sp³-hybridized carbons (Fsp3) is 0.0909. The van der Waals surface area contributed by atoms with Crippen molar-refractivity contribution in [2.24, 2.45) is 4.99 Å². The number of fused-ring (bicyclic) bond motifs is 1. The van der Waals surface area contributed by atoms with Gasteiger partial charge in [0.25, 0.3) is 0 Å². The monoisotopic (exact) mass is 249 g/mol. The van der Waals surface area contributed by atoms with Crippen molar-refractivity contribution in [1.29, 1.82) is 0 Å². The molecule has 0 aliphatic rings. The highest BCUT2D eigenvalue weighted by Gasteiger charge is 2.18. The molecule has 1 heterocycles. The minimum Gasteiger partial charge on any atom is -0.465 e. The van der Waals surface area contributed by atoms with Gasteiger partial charge in [0, 0.05) is 10.1 Å². The molecule has 0 amide bonds. The van der Waals surface area contributed by atoms with Gasteiger partial charge in [-0.05, 0) is 18.3 Å². The first-order valence-corrected chi connectivity index (χ1v) is 5.68. The Morgan fingerprint density at radius 1 is 1.50 bits per heavy atom. The minimum absolute atomic E-state index is 0.398. The lowest BCUT2D eigenvalue weighted by atomic mass is 10.2. The Morgan fingerprint density at radius 2 is 2.25 bits per heavy atom. The number of thiophene rings is 1. The molecule has 0 aliphatic heterocycles. The van der Waals surface area contributed by atoms with Crippen LogP contribution in [0.3, 0.4) is 0 Å². The molecular formula is C11H7NO2S2. The molecule has 16 heavy (non-hydrogen) atoms. The molecule has 0 spiro atoms. The number of methoxy groups -OCH3 is 1. The number of rotatable bonds is 2. The Bertz CT molecular complexity index is 597. The summed E-state index contributed by atoms with van der Waals surface area (Å²) in [6, 6.07) is 7.61. The van der Waals surface area contributed by atoms with Crippen LogP contribution < -0.4 is 0 Å². The zero-order chi connectivity index (χ0) is 11.5.